The Bertz CT molecular complexity index is 1480. The van der Waals surface area contributed by atoms with Crippen molar-refractivity contribution in [1.29, 1.82) is 0 Å². The standard InChI is InChI=1S/C26H28FN7O2S2/c1-25(20-10-17(4-6-21(20)27)31-23(35)22-7-5-19(36-3)11-29-22)26(38-16-34(38,2)24(28)32-25)8-9-33(14-26)12-18-13-37-15-30-18/h4-7,10-11,13,15-16H,8-9,12,14H2,1-3H3,(H2-,28,31,32,35)/p+1. The van der Waals surface area contributed by atoms with Gasteiger partial charge in [-0.15, -0.1) is 11.3 Å². The average Bonchev–Trinajstić information content (AvgIpc) is 3.23. The fourth-order valence-electron chi connectivity index (χ4n) is 5.64. The summed E-state index contributed by atoms with van der Waals surface area (Å²) in [5.74, 6) is 0.271. The number of nitrogens with zero attached hydrogens (tertiary/aromatic N) is 5. The third-order valence-corrected chi connectivity index (χ3v) is 11.6. The molecule has 198 valence electrons. The molecule has 1 amide bonds. The van der Waals surface area contributed by atoms with Gasteiger partial charge in [0, 0.05) is 36.3 Å². The Labute approximate surface area is 226 Å². The molecule has 3 aromatic rings. The number of nitrogens with two attached hydrogens (primary N) is 1. The number of aliphatic imine (C=N–C) groups is 1. The number of carbonyl (C=O) groups excluding carboxylic acids is 1. The maximum Gasteiger partial charge on any atom is 0.312 e. The van der Waals surface area contributed by atoms with Gasteiger partial charge in [0.1, 0.15) is 27.5 Å². The number of fused-ring (bicyclic) bond motifs is 2. The lowest BCUT2D eigenvalue weighted by molar-refractivity contribution is -0.529. The molecule has 9 nitrogen and oxygen atoms in total. The predicted octanol–water partition coefficient (Wildman–Crippen LogP) is 3.53. The highest BCUT2D eigenvalue weighted by Gasteiger charge is 2.71. The van der Waals surface area contributed by atoms with Gasteiger partial charge >= 0.3 is 5.96 Å². The van der Waals surface area contributed by atoms with Gasteiger partial charge in [-0.1, -0.05) is 0 Å². The van der Waals surface area contributed by atoms with E-state index >= 15 is 4.39 Å². The smallest absolute Gasteiger partial charge is 0.312 e. The van der Waals surface area contributed by atoms with Crippen LogP contribution in [0.4, 0.5) is 10.1 Å². The number of nitrogens with one attached hydrogen (secondary N) is 1. The molecule has 0 aliphatic carbocycles. The van der Waals surface area contributed by atoms with Crippen molar-refractivity contribution < 1.29 is 17.8 Å². The van der Waals surface area contributed by atoms with Crippen molar-refractivity contribution in [2.45, 2.75) is 30.2 Å². The molecule has 6 rings (SSSR count). The third kappa shape index (κ3) is 3.85. The quantitative estimate of drug-likeness (QED) is 0.357. The maximum atomic E-state index is 15.7. The van der Waals surface area contributed by atoms with Crippen LogP contribution in [0.25, 0.3) is 0 Å². The molecule has 0 bridgehead atoms. The first-order valence-corrected chi connectivity index (χ1v) is 14.4. The number of rotatable bonds is 6. The lowest BCUT2D eigenvalue weighted by Crippen LogP contribution is -2.57. The molecule has 1 aromatic carbocycles. The van der Waals surface area contributed by atoms with E-state index in [1.165, 1.54) is 19.4 Å². The highest BCUT2D eigenvalue weighted by Crippen LogP contribution is 2.65. The lowest BCUT2D eigenvalue weighted by atomic mass is 9.78. The summed E-state index contributed by atoms with van der Waals surface area (Å²) in [6.07, 6.45) is 2.33. The number of hydrogen-bond acceptors (Lipinski definition) is 8. The lowest BCUT2D eigenvalue weighted by Gasteiger charge is -2.45. The van der Waals surface area contributed by atoms with Crippen molar-refractivity contribution in [3.63, 3.8) is 0 Å². The minimum absolute atomic E-state index is 0.229. The number of anilines is 1. The van der Waals surface area contributed by atoms with E-state index in [0.717, 1.165) is 31.7 Å². The number of aromatic nitrogens is 2. The van der Waals surface area contributed by atoms with Gasteiger partial charge in [0.05, 0.1) is 42.2 Å². The van der Waals surface area contributed by atoms with Crippen LogP contribution in [0.5, 0.6) is 5.75 Å². The Kier molecular flexibility index (Phi) is 5.91. The highest BCUT2D eigenvalue weighted by molar-refractivity contribution is 8.17. The van der Waals surface area contributed by atoms with Crippen molar-refractivity contribution in [2.24, 2.45) is 10.7 Å². The number of hydrogen-bond donors (Lipinski definition) is 2. The molecular formula is C26H29FN7O2S2+. The number of halogens is 1. The second-order valence-electron chi connectivity index (χ2n) is 10.1. The maximum absolute atomic E-state index is 15.7. The van der Waals surface area contributed by atoms with Gasteiger partial charge in [0.15, 0.2) is 5.49 Å². The average molecular weight is 555 g/mol. The molecule has 3 aliphatic rings. The van der Waals surface area contributed by atoms with Crippen LogP contribution in [0.1, 0.15) is 35.1 Å². The molecule has 4 atom stereocenters. The van der Waals surface area contributed by atoms with Gasteiger partial charge in [-0.2, -0.15) is 3.89 Å². The number of thiazole rings is 1. The molecule has 3 N–H and O–H groups in total. The highest BCUT2D eigenvalue weighted by atomic mass is 32.2. The zero-order valence-electron chi connectivity index (χ0n) is 21.3. The first-order chi connectivity index (χ1) is 18.2. The monoisotopic (exact) mass is 554 g/mol. The molecule has 1 fully saturated rings. The Morgan fingerprint density at radius 2 is 2.18 bits per heavy atom. The fraction of sp³-hybridized carbons (Fsp3) is 0.346. The van der Waals surface area contributed by atoms with Crippen molar-refractivity contribution in [3.8, 4) is 5.75 Å². The van der Waals surface area contributed by atoms with Crippen molar-refractivity contribution in [1.82, 2.24) is 14.9 Å². The van der Waals surface area contributed by atoms with Crippen LogP contribution in [0.3, 0.4) is 0 Å². The van der Waals surface area contributed by atoms with Crippen LogP contribution in [0, 0.1) is 5.82 Å². The largest absolute Gasteiger partial charge is 0.495 e. The van der Waals surface area contributed by atoms with Crippen molar-refractivity contribution in [2.75, 3.05) is 32.6 Å². The van der Waals surface area contributed by atoms with Crippen LogP contribution in [-0.4, -0.2) is 68.1 Å². The minimum Gasteiger partial charge on any atom is -0.495 e. The first-order valence-electron chi connectivity index (χ1n) is 12.2. The van der Waals surface area contributed by atoms with E-state index in [1.54, 1.807) is 35.6 Å². The van der Waals surface area contributed by atoms with E-state index in [0.29, 0.717) is 26.8 Å². The first kappa shape index (κ1) is 25.1. The summed E-state index contributed by atoms with van der Waals surface area (Å²) < 4.78 is 20.9. The Balaban J connectivity index is 1.35. The summed E-state index contributed by atoms with van der Waals surface area (Å²) in [5.41, 5.74) is 11.8. The van der Waals surface area contributed by atoms with Crippen LogP contribution < -0.4 is 15.8 Å². The third-order valence-electron chi connectivity index (χ3n) is 7.88. The second kappa shape index (κ2) is 8.94. The number of guanidine groups is 1. The molecule has 2 aromatic heterocycles. The summed E-state index contributed by atoms with van der Waals surface area (Å²) in [6.45, 7) is 4.34. The predicted molar refractivity (Wildman–Crippen MR) is 149 cm³/mol. The Morgan fingerprint density at radius 3 is 2.89 bits per heavy atom. The van der Waals surface area contributed by atoms with E-state index < -0.39 is 11.4 Å². The van der Waals surface area contributed by atoms with Crippen LogP contribution >= 0.6 is 22.0 Å². The van der Waals surface area contributed by atoms with Gasteiger partial charge in [-0.25, -0.2) is 19.4 Å². The molecule has 12 heteroatoms. The minimum atomic E-state index is -0.926. The van der Waals surface area contributed by atoms with E-state index in [9.17, 15) is 4.79 Å². The summed E-state index contributed by atoms with van der Waals surface area (Å²) in [6, 6.07) is 7.89. The summed E-state index contributed by atoms with van der Waals surface area (Å²) >= 11 is 1.59. The topological polar surface area (TPSA) is 106 Å². The van der Waals surface area contributed by atoms with Gasteiger partial charge in [0.25, 0.3) is 5.91 Å². The second-order valence-corrected chi connectivity index (χ2v) is 13.2. The van der Waals surface area contributed by atoms with Gasteiger partial charge in [-0.3, -0.25) is 9.69 Å². The summed E-state index contributed by atoms with van der Waals surface area (Å²) in [5, 5.41) is 4.93. The number of pyridine rings is 1. The molecule has 4 unspecified atom stereocenters. The summed E-state index contributed by atoms with van der Waals surface area (Å²) in [7, 11) is 3.38. The number of benzene rings is 1. The van der Waals surface area contributed by atoms with Crippen molar-refractivity contribution in [3.05, 3.63) is 70.2 Å². The molecule has 5 heterocycles. The van der Waals surface area contributed by atoms with Crippen LogP contribution in [-0.2, 0) is 12.1 Å². The van der Waals surface area contributed by atoms with Gasteiger partial charge in [0.2, 0.25) is 0 Å². The Hall–Kier alpha value is -3.19. The molecule has 1 saturated heterocycles. The van der Waals surface area contributed by atoms with Gasteiger partial charge < -0.3 is 15.8 Å². The molecular weight excluding hydrogens is 525 g/mol. The van der Waals surface area contributed by atoms with Gasteiger partial charge in [-0.05, 0) is 43.7 Å². The number of ether oxygens (including phenoxy) is 1. The molecule has 0 radical (unpaired) electrons. The fourth-order valence-corrected chi connectivity index (χ4v) is 9.12. The number of quaternary nitrogens is 1. The van der Waals surface area contributed by atoms with Crippen LogP contribution in [0.15, 0.2) is 52.4 Å². The zero-order chi connectivity index (χ0) is 26.7. The molecule has 1 spiro atoms. The molecule has 38 heavy (non-hydrogen) atoms. The SMILES string of the molecule is COc1ccc(C(=O)Nc2ccc(F)c(C3(C)N=C(N)[N+]4(C)C=S4C34CCN(Cc3cscn3)C4)c2)nc1. The van der Waals surface area contributed by atoms with E-state index in [1.807, 2.05) is 12.4 Å². The zero-order valence-corrected chi connectivity index (χ0v) is 23.0. The summed E-state index contributed by atoms with van der Waals surface area (Å²) in [4.78, 5) is 28.9. The van der Waals surface area contributed by atoms with E-state index in [2.05, 4.69) is 38.1 Å². The van der Waals surface area contributed by atoms with E-state index in [-0.39, 0.29) is 26.9 Å². The number of carbonyl (C=O) groups is 1. The number of methoxy groups -OCH3 is 1. The Morgan fingerprint density at radius 1 is 1.34 bits per heavy atom. The normalized spacial score (nSPS) is 29.9. The van der Waals surface area contributed by atoms with Crippen molar-refractivity contribution >= 4 is 45.1 Å². The molecule has 0 saturated carbocycles. The number of amides is 1. The van der Waals surface area contributed by atoms with E-state index in [4.69, 9.17) is 15.5 Å². The number of likely N-dealkylation sites (tertiary alicyclic amines) is 1. The molecule has 3 aliphatic heterocycles. The van der Waals surface area contributed by atoms with Crippen LogP contribution in [0.2, 0.25) is 0 Å².